The van der Waals surface area contributed by atoms with Gasteiger partial charge in [0.25, 0.3) is 10.0 Å². The molecule has 0 fully saturated rings. The van der Waals surface area contributed by atoms with Gasteiger partial charge < -0.3 is 9.64 Å². The highest BCUT2D eigenvalue weighted by molar-refractivity contribution is 7.93. The van der Waals surface area contributed by atoms with E-state index >= 15 is 0 Å². The van der Waals surface area contributed by atoms with Crippen molar-refractivity contribution in [3.63, 3.8) is 0 Å². The average Bonchev–Trinajstić information content (AvgIpc) is 2.83. The number of ether oxygens (including phenoxy) is 1. The number of sulfonamides is 1. The van der Waals surface area contributed by atoms with Crippen molar-refractivity contribution < 1.29 is 17.9 Å². The first-order valence-corrected chi connectivity index (χ1v) is 11.7. The molecule has 170 valence electrons. The molecule has 0 aliphatic carbocycles. The summed E-state index contributed by atoms with van der Waals surface area (Å²) < 4.78 is 33.9. The Morgan fingerprint density at radius 3 is 2.27 bits per heavy atom. The number of carbonyl (C=O) groups excluding carboxylic acids is 1. The summed E-state index contributed by atoms with van der Waals surface area (Å²) in [6.07, 6.45) is 0. The van der Waals surface area contributed by atoms with E-state index in [1.54, 1.807) is 49.4 Å². The lowest BCUT2D eigenvalue weighted by Crippen LogP contribution is -2.43. The first kappa shape index (κ1) is 23.8. The number of nitrogens with zero attached hydrogens (tertiary/aromatic N) is 3. The Bertz CT molecular complexity index is 1250. The van der Waals surface area contributed by atoms with Gasteiger partial charge in [-0.05, 0) is 36.2 Å². The number of hydrogen-bond acceptors (Lipinski definition) is 5. The maximum Gasteiger partial charge on any atom is 0.265 e. The highest BCUT2D eigenvalue weighted by Gasteiger charge is 2.31. The van der Waals surface area contributed by atoms with Gasteiger partial charge in [0, 0.05) is 6.54 Å². The molecule has 0 unspecified atom stereocenters. The van der Waals surface area contributed by atoms with E-state index < -0.39 is 22.5 Å². The van der Waals surface area contributed by atoms with Crippen molar-refractivity contribution in [2.75, 3.05) is 24.5 Å². The number of rotatable bonds is 9. The van der Waals surface area contributed by atoms with Crippen LogP contribution in [0.25, 0.3) is 0 Å². The van der Waals surface area contributed by atoms with Crippen molar-refractivity contribution in [2.45, 2.75) is 18.4 Å². The van der Waals surface area contributed by atoms with Gasteiger partial charge in [-0.25, -0.2) is 8.42 Å². The number of anilines is 1. The van der Waals surface area contributed by atoms with Crippen LogP contribution in [0.4, 0.5) is 5.69 Å². The Morgan fingerprint density at radius 2 is 1.61 bits per heavy atom. The first-order valence-electron chi connectivity index (χ1n) is 10.3. The first-order chi connectivity index (χ1) is 15.9. The second-order valence-corrected chi connectivity index (χ2v) is 9.17. The third kappa shape index (κ3) is 5.51. The molecule has 3 rings (SSSR count). The molecule has 0 spiro atoms. The molecule has 7 nitrogen and oxygen atoms in total. The van der Waals surface area contributed by atoms with E-state index in [0.717, 1.165) is 9.87 Å². The summed E-state index contributed by atoms with van der Waals surface area (Å²) in [5.74, 6) is -0.180. The predicted octanol–water partition coefficient (Wildman–Crippen LogP) is 3.75. The van der Waals surface area contributed by atoms with E-state index in [2.05, 4.69) is 0 Å². The fourth-order valence-corrected chi connectivity index (χ4v) is 5.10. The lowest BCUT2D eigenvalue weighted by atomic mass is 10.2. The van der Waals surface area contributed by atoms with Gasteiger partial charge in [0.2, 0.25) is 5.91 Å². The Hall–Kier alpha value is -3.83. The average molecular weight is 464 g/mol. The predicted molar refractivity (Wildman–Crippen MR) is 126 cm³/mol. The highest BCUT2D eigenvalue weighted by Crippen LogP contribution is 2.33. The Kier molecular flexibility index (Phi) is 7.70. The zero-order chi connectivity index (χ0) is 23.8. The molecule has 0 atom stereocenters. The van der Waals surface area contributed by atoms with Crippen LogP contribution in [0, 0.1) is 18.3 Å². The van der Waals surface area contributed by atoms with Crippen LogP contribution in [0.5, 0.6) is 5.75 Å². The number of carbonyl (C=O) groups is 1. The molecule has 0 saturated heterocycles. The number of hydrogen-bond donors (Lipinski definition) is 0. The fourth-order valence-electron chi connectivity index (χ4n) is 3.44. The molecule has 3 aromatic rings. The smallest absolute Gasteiger partial charge is 0.265 e. The summed E-state index contributed by atoms with van der Waals surface area (Å²) in [5, 5.41) is 9.28. The molecule has 1 amide bonds. The lowest BCUT2D eigenvalue weighted by molar-refractivity contribution is -0.129. The van der Waals surface area contributed by atoms with Crippen LogP contribution in [0.1, 0.15) is 11.1 Å². The van der Waals surface area contributed by atoms with Crippen LogP contribution in [0.15, 0.2) is 83.8 Å². The second kappa shape index (κ2) is 10.7. The largest absolute Gasteiger partial charge is 0.495 e. The number of methoxy groups -OCH3 is 1. The lowest BCUT2D eigenvalue weighted by Gasteiger charge is -2.29. The van der Waals surface area contributed by atoms with Crippen LogP contribution in [-0.4, -0.2) is 39.4 Å². The Balaban J connectivity index is 2.03. The van der Waals surface area contributed by atoms with Crippen molar-refractivity contribution in [2.24, 2.45) is 0 Å². The maximum absolute atomic E-state index is 13.7. The SMILES string of the molecule is COc1ccccc1N(CC(=O)N(CC#N)Cc1ccccc1)S(=O)(=O)c1ccccc1C. The van der Waals surface area contributed by atoms with Crippen LogP contribution < -0.4 is 9.04 Å². The Morgan fingerprint density at radius 1 is 0.970 bits per heavy atom. The van der Waals surface area contributed by atoms with Gasteiger partial charge in [0.1, 0.15) is 18.8 Å². The number of para-hydroxylation sites is 2. The number of amides is 1. The molecule has 0 bridgehead atoms. The normalized spacial score (nSPS) is 10.8. The minimum Gasteiger partial charge on any atom is -0.495 e. The van der Waals surface area contributed by atoms with Crippen molar-refractivity contribution in [1.82, 2.24) is 4.90 Å². The van der Waals surface area contributed by atoms with E-state index in [-0.39, 0.29) is 23.7 Å². The molecule has 3 aromatic carbocycles. The van der Waals surface area contributed by atoms with Crippen LogP contribution in [0.2, 0.25) is 0 Å². The minimum absolute atomic E-state index is 0.0959. The third-order valence-corrected chi connectivity index (χ3v) is 7.04. The van der Waals surface area contributed by atoms with Crippen LogP contribution in [0.3, 0.4) is 0 Å². The second-order valence-electron chi connectivity index (χ2n) is 7.34. The van der Waals surface area contributed by atoms with Crippen LogP contribution >= 0.6 is 0 Å². The third-order valence-electron chi connectivity index (χ3n) is 5.12. The molecule has 0 N–H and O–H groups in total. The van der Waals surface area contributed by atoms with Gasteiger partial charge >= 0.3 is 0 Å². The van der Waals surface area contributed by atoms with Crippen molar-refractivity contribution in [1.29, 1.82) is 5.26 Å². The molecule has 0 heterocycles. The molecule has 0 aliphatic heterocycles. The van der Waals surface area contributed by atoms with Crippen LogP contribution in [-0.2, 0) is 21.4 Å². The monoisotopic (exact) mass is 463 g/mol. The molecule has 0 radical (unpaired) electrons. The summed E-state index contributed by atoms with van der Waals surface area (Å²) in [7, 11) is -2.67. The zero-order valence-electron chi connectivity index (χ0n) is 18.5. The highest BCUT2D eigenvalue weighted by atomic mass is 32.2. The molecule has 33 heavy (non-hydrogen) atoms. The number of benzene rings is 3. The van der Waals surface area contributed by atoms with Gasteiger partial charge in [0.15, 0.2) is 0 Å². The van der Waals surface area contributed by atoms with E-state index in [1.165, 1.54) is 18.1 Å². The molecular formula is C25H25N3O4S. The van der Waals surface area contributed by atoms with Gasteiger partial charge in [-0.2, -0.15) is 5.26 Å². The zero-order valence-corrected chi connectivity index (χ0v) is 19.3. The molecular weight excluding hydrogens is 438 g/mol. The topological polar surface area (TPSA) is 90.7 Å². The summed E-state index contributed by atoms with van der Waals surface area (Å²) in [6.45, 7) is 1.24. The van der Waals surface area contributed by atoms with Crippen molar-refractivity contribution in [3.8, 4) is 11.8 Å². The molecule has 8 heteroatoms. The van der Waals surface area contributed by atoms with Gasteiger partial charge in [-0.1, -0.05) is 60.7 Å². The summed E-state index contributed by atoms with van der Waals surface area (Å²) >= 11 is 0. The van der Waals surface area contributed by atoms with Crippen molar-refractivity contribution in [3.05, 3.63) is 90.0 Å². The van der Waals surface area contributed by atoms with Gasteiger partial charge in [-0.3, -0.25) is 9.10 Å². The minimum atomic E-state index is -4.11. The quantitative estimate of drug-likeness (QED) is 0.451. The standard InChI is InChI=1S/C25H25N3O4S/c1-20-10-6-9-15-24(20)33(30,31)28(22-13-7-8-14-23(22)32-2)19-25(29)27(17-16-26)18-21-11-4-3-5-12-21/h3-15H,17-19H2,1-2H3. The summed E-state index contributed by atoms with van der Waals surface area (Å²) in [5.41, 5.74) is 1.64. The fraction of sp³-hybridized carbons (Fsp3) is 0.200. The van der Waals surface area contributed by atoms with E-state index in [4.69, 9.17) is 4.74 Å². The molecule has 0 aromatic heterocycles. The number of aryl methyl sites for hydroxylation is 1. The van der Waals surface area contributed by atoms with E-state index in [0.29, 0.717) is 11.3 Å². The summed E-state index contributed by atoms with van der Waals surface area (Å²) in [6, 6.07) is 24.5. The summed E-state index contributed by atoms with van der Waals surface area (Å²) in [4.78, 5) is 14.7. The number of nitriles is 1. The maximum atomic E-state index is 13.7. The molecule has 0 saturated carbocycles. The van der Waals surface area contributed by atoms with E-state index in [9.17, 15) is 18.5 Å². The van der Waals surface area contributed by atoms with Crippen molar-refractivity contribution >= 4 is 21.6 Å². The van der Waals surface area contributed by atoms with E-state index in [1.807, 2.05) is 36.4 Å². The molecule has 0 aliphatic rings. The van der Waals surface area contributed by atoms with Gasteiger partial charge in [0.05, 0.1) is 23.8 Å². The Labute approximate surface area is 194 Å². The van der Waals surface area contributed by atoms with Gasteiger partial charge in [-0.15, -0.1) is 0 Å².